The van der Waals surface area contributed by atoms with Crippen LogP contribution in [0.1, 0.15) is 39.9 Å². The Morgan fingerprint density at radius 1 is 0.971 bits per heavy atom. The predicted molar refractivity (Wildman–Crippen MR) is 123 cm³/mol. The van der Waals surface area contributed by atoms with E-state index < -0.39 is 16.9 Å². The highest BCUT2D eigenvalue weighted by molar-refractivity contribution is 6.05. The van der Waals surface area contributed by atoms with Crippen LogP contribution in [0.15, 0.2) is 48.9 Å². The van der Waals surface area contributed by atoms with Gasteiger partial charge in [-0.3, -0.25) is 19.7 Å². The summed E-state index contributed by atoms with van der Waals surface area (Å²) in [4.78, 5) is 54.5. The first kappa shape index (κ1) is 21.0. The third kappa shape index (κ3) is 3.52. The van der Waals surface area contributed by atoms with Crippen molar-refractivity contribution in [1.29, 1.82) is 0 Å². The minimum atomic E-state index is -0.633. The molecule has 1 aromatic carbocycles. The van der Waals surface area contributed by atoms with Gasteiger partial charge >= 0.3 is 5.82 Å². The molecule has 3 aliphatic heterocycles. The number of carbonyl (C=O) groups is 3. The van der Waals surface area contributed by atoms with Crippen LogP contribution in [0.5, 0.6) is 0 Å². The van der Waals surface area contributed by atoms with Crippen molar-refractivity contribution in [1.82, 2.24) is 19.8 Å². The number of piperidine rings is 1. The molecule has 0 radical (unpaired) electrons. The number of anilines is 1. The zero-order chi connectivity index (χ0) is 24.3. The van der Waals surface area contributed by atoms with Crippen molar-refractivity contribution in [2.24, 2.45) is 0 Å². The minimum absolute atomic E-state index is 0.177. The first-order valence-corrected chi connectivity index (χ1v) is 11.2. The largest absolute Gasteiger partial charge is 0.363 e. The Hall–Kier alpha value is -4.54. The number of nitrogens with zero attached hydrogens (tertiary/aromatic N) is 5. The lowest BCUT2D eigenvalue weighted by Gasteiger charge is -2.29. The van der Waals surface area contributed by atoms with E-state index in [1.54, 1.807) is 17.0 Å². The second-order valence-electron chi connectivity index (χ2n) is 8.95. The number of carbonyl (C=O) groups excluding carboxylic acids is 3. The van der Waals surface area contributed by atoms with Crippen molar-refractivity contribution in [3.05, 3.63) is 81.3 Å². The van der Waals surface area contributed by atoms with Gasteiger partial charge in [-0.2, -0.15) is 0 Å². The number of pyridine rings is 1. The van der Waals surface area contributed by atoms with Crippen molar-refractivity contribution in [3.63, 3.8) is 0 Å². The van der Waals surface area contributed by atoms with Crippen molar-refractivity contribution in [2.75, 3.05) is 4.90 Å². The zero-order valence-corrected chi connectivity index (χ0v) is 18.5. The maximum absolute atomic E-state index is 12.9. The predicted octanol–water partition coefficient (Wildman–Crippen LogP) is 2.06. The van der Waals surface area contributed by atoms with E-state index >= 15 is 0 Å². The Bertz CT molecular complexity index is 1390. The standard InChI is InChI=1S/C24H20N6O5/c31-22-6-4-20(23(32)26-22)29-13-14-7-17(1-3-19(14)24(29)33)27-9-15-11-28(12-16(15)10-27)18-2-5-21(25-8-18)30(34)35/h1-3,5,7-10,20H,4,6,11-13H2,(H,26,31,32)/t20-/m1/s1. The van der Waals surface area contributed by atoms with E-state index in [9.17, 15) is 24.5 Å². The van der Waals surface area contributed by atoms with Gasteiger partial charge in [0.1, 0.15) is 6.04 Å². The van der Waals surface area contributed by atoms with Gasteiger partial charge in [0.05, 0.1) is 5.69 Å². The molecule has 3 aliphatic rings. The first-order chi connectivity index (χ1) is 16.9. The molecule has 35 heavy (non-hydrogen) atoms. The SMILES string of the molecule is O=C1CC[C@@H](N2Cc3cc(-n4cc5c(c4)CN(c4ccc([N+](=O)[O-])nc4)C5)ccc3C2=O)C(=O)N1. The Kier molecular flexibility index (Phi) is 4.66. The second kappa shape index (κ2) is 7.76. The molecule has 1 N–H and O–H groups in total. The van der Waals surface area contributed by atoms with Crippen molar-refractivity contribution in [3.8, 4) is 5.69 Å². The van der Waals surface area contributed by atoms with Crippen LogP contribution in [0.3, 0.4) is 0 Å². The van der Waals surface area contributed by atoms with Gasteiger partial charge in [-0.1, -0.05) is 0 Å². The maximum Gasteiger partial charge on any atom is 0.363 e. The van der Waals surface area contributed by atoms with Crippen molar-refractivity contribution < 1.29 is 19.3 Å². The molecule has 0 aliphatic carbocycles. The fourth-order valence-corrected chi connectivity index (χ4v) is 5.02. The molecule has 0 spiro atoms. The number of fused-ring (bicyclic) bond motifs is 2. The molecule has 1 atom stereocenters. The van der Waals surface area contributed by atoms with Gasteiger partial charge in [-0.15, -0.1) is 0 Å². The molecule has 0 unspecified atom stereocenters. The highest BCUT2D eigenvalue weighted by atomic mass is 16.6. The van der Waals surface area contributed by atoms with Crippen LogP contribution in [0.2, 0.25) is 0 Å². The Morgan fingerprint density at radius 2 is 1.71 bits per heavy atom. The normalized spacial score (nSPS) is 19.1. The number of nitrogens with one attached hydrogen (secondary N) is 1. The number of amides is 3. The van der Waals surface area contributed by atoms with E-state index in [1.807, 2.05) is 29.1 Å². The van der Waals surface area contributed by atoms with Gasteiger partial charge in [0.15, 0.2) is 6.20 Å². The molecular formula is C24H20N6O5. The molecule has 0 saturated carbocycles. The van der Waals surface area contributed by atoms with Crippen LogP contribution in [0, 0.1) is 10.1 Å². The number of imide groups is 1. The summed E-state index contributed by atoms with van der Waals surface area (Å²) in [6.07, 6.45) is 6.17. The smallest absolute Gasteiger partial charge is 0.360 e. The number of nitro groups is 1. The third-order valence-electron chi connectivity index (χ3n) is 6.81. The van der Waals surface area contributed by atoms with E-state index in [4.69, 9.17) is 0 Å². The summed E-state index contributed by atoms with van der Waals surface area (Å²) in [5.74, 6) is -1.09. The topological polar surface area (TPSA) is 131 Å². The molecule has 0 bridgehead atoms. The number of hydrogen-bond donors (Lipinski definition) is 1. The minimum Gasteiger partial charge on any atom is -0.360 e. The zero-order valence-electron chi connectivity index (χ0n) is 18.5. The molecule has 1 saturated heterocycles. The van der Waals surface area contributed by atoms with Crippen LogP contribution in [-0.4, -0.2) is 43.1 Å². The van der Waals surface area contributed by atoms with Crippen LogP contribution in [0.25, 0.3) is 5.69 Å². The lowest BCUT2D eigenvalue weighted by Crippen LogP contribution is -2.52. The summed E-state index contributed by atoms with van der Waals surface area (Å²) in [6.45, 7) is 1.65. The molecule has 3 amide bonds. The van der Waals surface area contributed by atoms with Crippen molar-refractivity contribution >= 4 is 29.2 Å². The molecule has 3 aromatic rings. The average molecular weight is 472 g/mol. The van der Waals surface area contributed by atoms with E-state index in [1.165, 1.54) is 12.3 Å². The van der Waals surface area contributed by atoms with E-state index in [0.717, 1.165) is 28.1 Å². The number of rotatable bonds is 4. The summed E-state index contributed by atoms with van der Waals surface area (Å²) in [7, 11) is 0. The molecule has 176 valence electrons. The summed E-state index contributed by atoms with van der Waals surface area (Å²) in [5, 5.41) is 13.2. The Balaban J connectivity index is 1.19. The molecule has 6 rings (SSSR count). The van der Waals surface area contributed by atoms with Gasteiger partial charge in [0.25, 0.3) is 5.91 Å². The first-order valence-electron chi connectivity index (χ1n) is 11.2. The molecular weight excluding hydrogens is 452 g/mol. The van der Waals surface area contributed by atoms with Crippen molar-refractivity contribution in [2.45, 2.75) is 38.5 Å². The molecule has 1 fully saturated rings. The van der Waals surface area contributed by atoms with E-state index in [0.29, 0.717) is 31.6 Å². The molecule has 5 heterocycles. The lowest BCUT2D eigenvalue weighted by atomic mass is 10.0. The summed E-state index contributed by atoms with van der Waals surface area (Å²) in [6, 6.07) is 8.12. The molecule has 2 aromatic heterocycles. The molecule has 11 heteroatoms. The van der Waals surface area contributed by atoms with Gasteiger partial charge in [-0.05, 0) is 57.3 Å². The van der Waals surface area contributed by atoms with Crippen LogP contribution in [-0.2, 0) is 29.2 Å². The number of hydrogen-bond acceptors (Lipinski definition) is 7. The van der Waals surface area contributed by atoms with Crippen LogP contribution < -0.4 is 10.2 Å². The highest BCUT2D eigenvalue weighted by Crippen LogP contribution is 2.32. The monoisotopic (exact) mass is 472 g/mol. The number of aromatic nitrogens is 2. The van der Waals surface area contributed by atoms with Gasteiger partial charge in [-0.25, -0.2) is 0 Å². The fraction of sp³-hybridized carbons (Fsp3) is 0.250. The average Bonchev–Trinajstić information content (AvgIpc) is 3.51. The number of benzene rings is 1. The van der Waals surface area contributed by atoms with E-state index in [-0.39, 0.29) is 24.1 Å². The summed E-state index contributed by atoms with van der Waals surface area (Å²) < 4.78 is 2.02. The summed E-state index contributed by atoms with van der Waals surface area (Å²) in [5.41, 5.74) is 5.46. The Morgan fingerprint density at radius 3 is 2.37 bits per heavy atom. The molecule has 11 nitrogen and oxygen atoms in total. The quantitative estimate of drug-likeness (QED) is 0.349. The van der Waals surface area contributed by atoms with Crippen LogP contribution in [0.4, 0.5) is 11.5 Å². The Labute approximate surface area is 199 Å². The lowest BCUT2D eigenvalue weighted by molar-refractivity contribution is -0.389. The van der Waals surface area contributed by atoms with Gasteiger partial charge < -0.3 is 24.5 Å². The third-order valence-corrected chi connectivity index (χ3v) is 6.81. The van der Waals surface area contributed by atoms with Crippen LogP contribution >= 0.6 is 0 Å². The van der Waals surface area contributed by atoms with Gasteiger partial charge in [0, 0.05) is 55.8 Å². The summed E-state index contributed by atoms with van der Waals surface area (Å²) >= 11 is 0. The fourth-order valence-electron chi connectivity index (χ4n) is 5.02. The second-order valence-corrected chi connectivity index (χ2v) is 8.95. The maximum atomic E-state index is 12.9. The van der Waals surface area contributed by atoms with Gasteiger partial charge in [0.2, 0.25) is 11.8 Å². The van der Waals surface area contributed by atoms with E-state index in [2.05, 4.69) is 15.2 Å². The highest BCUT2D eigenvalue weighted by Gasteiger charge is 2.39.